The molecule has 0 amide bonds. The molecular weight excluding hydrogens is 206 g/mol. The zero-order valence-corrected chi connectivity index (χ0v) is 11.4. The summed E-state index contributed by atoms with van der Waals surface area (Å²) in [5.41, 5.74) is 2.93. The third-order valence-corrected chi connectivity index (χ3v) is 4.03. The van der Waals surface area contributed by atoms with Gasteiger partial charge in [-0.15, -0.1) is 0 Å². The molecule has 0 aromatic heterocycles. The van der Waals surface area contributed by atoms with Gasteiger partial charge in [0.15, 0.2) is 0 Å². The molecule has 1 aromatic rings. The van der Waals surface area contributed by atoms with Crippen molar-refractivity contribution >= 4 is 0 Å². The number of aryl methyl sites for hydroxylation is 1. The third kappa shape index (κ3) is 3.10. The molecule has 94 valence electrons. The maximum Gasteiger partial charge on any atom is 0.0348 e. The van der Waals surface area contributed by atoms with E-state index in [1.165, 1.54) is 24.0 Å². The van der Waals surface area contributed by atoms with E-state index in [9.17, 15) is 0 Å². The van der Waals surface area contributed by atoms with Gasteiger partial charge in [0.1, 0.15) is 0 Å². The normalized spacial score (nSPS) is 19.0. The highest BCUT2D eigenvalue weighted by Crippen LogP contribution is 2.42. The van der Waals surface area contributed by atoms with Gasteiger partial charge in [0.05, 0.1) is 0 Å². The van der Waals surface area contributed by atoms with Gasteiger partial charge in [-0.2, -0.15) is 0 Å². The van der Waals surface area contributed by atoms with Crippen LogP contribution >= 0.6 is 0 Å². The van der Waals surface area contributed by atoms with Crippen LogP contribution in [0.4, 0.5) is 0 Å². The number of hydrogen-bond donors (Lipinski definition) is 1. The maximum absolute atomic E-state index is 3.67. The second kappa shape index (κ2) is 5.68. The minimum Gasteiger partial charge on any atom is -0.310 e. The Hall–Kier alpha value is -0.820. The van der Waals surface area contributed by atoms with Crippen LogP contribution in [0, 0.1) is 11.8 Å². The molecule has 1 heteroatoms. The average Bonchev–Trinajstić information content (AvgIpc) is 3.19. The average molecular weight is 231 g/mol. The zero-order chi connectivity index (χ0) is 12.3. The molecule has 0 aliphatic heterocycles. The van der Waals surface area contributed by atoms with Gasteiger partial charge in [0.25, 0.3) is 0 Å². The van der Waals surface area contributed by atoms with E-state index in [0.29, 0.717) is 6.04 Å². The first-order valence-electron chi connectivity index (χ1n) is 7.08. The van der Waals surface area contributed by atoms with Crippen LogP contribution in [-0.2, 0) is 6.42 Å². The van der Waals surface area contributed by atoms with E-state index in [2.05, 4.69) is 50.4 Å². The Labute approximate surface area is 106 Å². The molecule has 0 saturated heterocycles. The highest BCUT2D eigenvalue weighted by Gasteiger charge is 2.33. The monoisotopic (exact) mass is 231 g/mol. The first kappa shape index (κ1) is 12.6. The molecule has 0 radical (unpaired) electrons. The summed E-state index contributed by atoms with van der Waals surface area (Å²) < 4.78 is 0. The van der Waals surface area contributed by atoms with Gasteiger partial charge in [-0.05, 0) is 48.8 Å². The molecule has 1 aliphatic carbocycles. The Morgan fingerprint density at radius 1 is 1.29 bits per heavy atom. The van der Waals surface area contributed by atoms with Gasteiger partial charge >= 0.3 is 0 Å². The van der Waals surface area contributed by atoms with Crippen molar-refractivity contribution in [3.8, 4) is 0 Å². The smallest absolute Gasteiger partial charge is 0.0348 e. The summed E-state index contributed by atoms with van der Waals surface area (Å²) in [6.45, 7) is 7.89. The molecule has 1 N–H and O–H groups in total. The standard InChI is InChI=1S/C16H25N/c1-4-13-7-6-8-15(11-13)16(17-5-2)12(3)14-9-10-14/h6-8,11-12,14,16-17H,4-5,9-10H2,1-3H3. The van der Waals surface area contributed by atoms with Crippen molar-refractivity contribution in [2.24, 2.45) is 11.8 Å². The lowest BCUT2D eigenvalue weighted by Crippen LogP contribution is -2.28. The first-order valence-corrected chi connectivity index (χ1v) is 7.08. The highest BCUT2D eigenvalue weighted by molar-refractivity contribution is 5.27. The maximum atomic E-state index is 3.67. The van der Waals surface area contributed by atoms with E-state index in [1.807, 2.05) is 0 Å². The van der Waals surface area contributed by atoms with Crippen LogP contribution in [-0.4, -0.2) is 6.54 Å². The van der Waals surface area contributed by atoms with Crippen LogP contribution < -0.4 is 5.32 Å². The second-order valence-electron chi connectivity index (χ2n) is 5.33. The van der Waals surface area contributed by atoms with Crippen LogP contribution in [0.25, 0.3) is 0 Å². The fraction of sp³-hybridized carbons (Fsp3) is 0.625. The van der Waals surface area contributed by atoms with Crippen molar-refractivity contribution in [1.29, 1.82) is 0 Å². The molecule has 1 aromatic carbocycles. The summed E-state index contributed by atoms with van der Waals surface area (Å²) >= 11 is 0. The molecule has 17 heavy (non-hydrogen) atoms. The van der Waals surface area contributed by atoms with E-state index in [-0.39, 0.29) is 0 Å². The predicted octanol–water partition coefficient (Wildman–Crippen LogP) is 3.95. The highest BCUT2D eigenvalue weighted by atomic mass is 14.9. The van der Waals surface area contributed by atoms with Gasteiger partial charge in [-0.3, -0.25) is 0 Å². The van der Waals surface area contributed by atoms with Crippen molar-refractivity contribution in [1.82, 2.24) is 5.32 Å². The van der Waals surface area contributed by atoms with Crippen molar-refractivity contribution in [2.45, 2.75) is 46.1 Å². The number of nitrogens with one attached hydrogen (secondary N) is 1. The Kier molecular flexibility index (Phi) is 4.22. The fourth-order valence-electron chi connectivity index (χ4n) is 2.73. The largest absolute Gasteiger partial charge is 0.310 e. The summed E-state index contributed by atoms with van der Waals surface area (Å²) in [5, 5.41) is 3.67. The number of benzene rings is 1. The summed E-state index contributed by atoms with van der Waals surface area (Å²) in [6.07, 6.45) is 3.98. The molecule has 1 nitrogen and oxygen atoms in total. The quantitative estimate of drug-likeness (QED) is 0.782. The zero-order valence-electron chi connectivity index (χ0n) is 11.4. The van der Waals surface area contributed by atoms with E-state index < -0.39 is 0 Å². The van der Waals surface area contributed by atoms with Crippen molar-refractivity contribution < 1.29 is 0 Å². The van der Waals surface area contributed by atoms with Crippen molar-refractivity contribution in [3.05, 3.63) is 35.4 Å². The summed E-state index contributed by atoms with van der Waals surface area (Å²) in [4.78, 5) is 0. The SMILES string of the molecule is CCNC(c1cccc(CC)c1)C(C)C1CC1. The third-order valence-electron chi connectivity index (χ3n) is 4.03. The second-order valence-corrected chi connectivity index (χ2v) is 5.33. The lowest BCUT2D eigenvalue weighted by atomic mass is 9.89. The van der Waals surface area contributed by atoms with Crippen LogP contribution in [0.5, 0.6) is 0 Å². The molecule has 0 spiro atoms. The van der Waals surface area contributed by atoms with E-state index >= 15 is 0 Å². The first-order chi connectivity index (χ1) is 8.26. The fourth-order valence-corrected chi connectivity index (χ4v) is 2.73. The predicted molar refractivity (Wildman–Crippen MR) is 74.1 cm³/mol. The molecule has 2 atom stereocenters. The van der Waals surface area contributed by atoms with Crippen LogP contribution in [0.15, 0.2) is 24.3 Å². The molecular formula is C16H25N. The van der Waals surface area contributed by atoms with E-state index in [4.69, 9.17) is 0 Å². The van der Waals surface area contributed by atoms with Crippen LogP contribution in [0.2, 0.25) is 0 Å². The number of hydrogen-bond acceptors (Lipinski definition) is 1. The Bertz CT molecular complexity index is 354. The van der Waals surface area contributed by atoms with Gasteiger partial charge in [-0.25, -0.2) is 0 Å². The molecule has 0 heterocycles. The Balaban J connectivity index is 2.17. The van der Waals surface area contributed by atoms with Gasteiger partial charge < -0.3 is 5.32 Å². The van der Waals surface area contributed by atoms with E-state index in [0.717, 1.165) is 24.8 Å². The van der Waals surface area contributed by atoms with Crippen LogP contribution in [0.3, 0.4) is 0 Å². The summed E-state index contributed by atoms with van der Waals surface area (Å²) in [6, 6.07) is 9.64. The molecule has 0 bridgehead atoms. The molecule has 1 saturated carbocycles. The Morgan fingerprint density at radius 2 is 2.06 bits per heavy atom. The van der Waals surface area contributed by atoms with Gasteiger partial charge in [0.2, 0.25) is 0 Å². The molecule has 2 rings (SSSR count). The molecule has 1 fully saturated rings. The van der Waals surface area contributed by atoms with Crippen LogP contribution in [0.1, 0.15) is 50.8 Å². The molecule has 1 aliphatic rings. The van der Waals surface area contributed by atoms with Crippen molar-refractivity contribution in [3.63, 3.8) is 0 Å². The Morgan fingerprint density at radius 3 is 2.65 bits per heavy atom. The minimum atomic E-state index is 0.541. The molecule has 2 unspecified atom stereocenters. The summed E-state index contributed by atoms with van der Waals surface area (Å²) in [5.74, 6) is 1.71. The topological polar surface area (TPSA) is 12.0 Å². The summed E-state index contributed by atoms with van der Waals surface area (Å²) in [7, 11) is 0. The number of rotatable bonds is 6. The van der Waals surface area contributed by atoms with Crippen molar-refractivity contribution in [2.75, 3.05) is 6.54 Å². The van der Waals surface area contributed by atoms with Gasteiger partial charge in [0, 0.05) is 6.04 Å². The minimum absolute atomic E-state index is 0.541. The van der Waals surface area contributed by atoms with E-state index in [1.54, 1.807) is 0 Å². The lowest BCUT2D eigenvalue weighted by molar-refractivity contribution is 0.355. The van der Waals surface area contributed by atoms with Gasteiger partial charge in [-0.1, -0.05) is 45.0 Å². The lowest BCUT2D eigenvalue weighted by Gasteiger charge is -2.25.